The van der Waals surface area contributed by atoms with Gasteiger partial charge in [0.05, 0.1) is 0 Å². The van der Waals surface area contributed by atoms with Gasteiger partial charge in [-0.15, -0.1) is 0 Å². The Morgan fingerprint density at radius 3 is 1.93 bits per heavy atom. The van der Waals surface area contributed by atoms with Gasteiger partial charge >= 0.3 is 0 Å². The maximum Gasteiger partial charge on any atom is 0.231 e. The quantitative estimate of drug-likeness (QED) is 0.731. The smallest absolute Gasteiger partial charge is 0.231 e. The minimum Gasteiger partial charge on any atom is -0.351 e. The Balaban J connectivity index is 1.37. The van der Waals surface area contributed by atoms with Crippen LogP contribution in [0.15, 0.2) is 0 Å². The summed E-state index contributed by atoms with van der Waals surface area (Å²) in [6, 6.07) is 0.493. The highest BCUT2D eigenvalue weighted by Crippen LogP contribution is 2.56. The number of anilines is 3. The lowest BCUT2D eigenvalue weighted by Gasteiger charge is -2.56. The first-order valence-electron chi connectivity index (χ1n) is 11.5. The molecule has 5 fully saturated rings. The molecule has 1 aromatic rings. The predicted molar refractivity (Wildman–Crippen MR) is 114 cm³/mol. The summed E-state index contributed by atoms with van der Waals surface area (Å²) in [5.41, 5.74) is 0.222. The van der Waals surface area contributed by atoms with Crippen molar-refractivity contribution in [3.05, 3.63) is 0 Å². The molecule has 0 spiro atoms. The van der Waals surface area contributed by atoms with Gasteiger partial charge in [0.1, 0.15) is 0 Å². The molecule has 0 aromatic carbocycles. The Hall–Kier alpha value is -1.59. The fourth-order valence-electron chi connectivity index (χ4n) is 6.79. The van der Waals surface area contributed by atoms with E-state index in [-0.39, 0.29) is 5.54 Å². The largest absolute Gasteiger partial charge is 0.351 e. The fraction of sp³-hybridized carbons (Fsp3) is 0.864. The maximum absolute atomic E-state index is 4.85. The minimum absolute atomic E-state index is 0.222. The van der Waals surface area contributed by atoms with Gasteiger partial charge in [-0.1, -0.05) is 25.7 Å². The molecule has 6 nitrogen and oxygen atoms in total. The molecule has 0 saturated heterocycles. The highest BCUT2D eigenvalue weighted by molar-refractivity contribution is 5.45. The van der Waals surface area contributed by atoms with E-state index in [1.165, 1.54) is 77.0 Å². The lowest BCUT2D eigenvalue weighted by atomic mass is 9.53. The van der Waals surface area contributed by atoms with Crippen LogP contribution in [0.1, 0.15) is 77.0 Å². The van der Waals surface area contributed by atoms with Crippen LogP contribution in [0.3, 0.4) is 0 Å². The average Bonchev–Trinajstić information content (AvgIpc) is 2.88. The normalized spacial score (nSPS) is 34.9. The summed E-state index contributed by atoms with van der Waals surface area (Å²) in [6.07, 6.45) is 16.0. The van der Waals surface area contributed by atoms with Crippen molar-refractivity contribution in [3.8, 4) is 0 Å². The molecule has 0 amide bonds. The number of hydrogen-bond donors (Lipinski definition) is 2. The highest BCUT2D eigenvalue weighted by Gasteiger charge is 2.51. The maximum atomic E-state index is 4.85. The monoisotopic (exact) mass is 384 g/mol. The molecule has 6 rings (SSSR count). The molecule has 1 aromatic heterocycles. The minimum atomic E-state index is 0.222. The van der Waals surface area contributed by atoms with Crippen molar-refractivity contribution in [2.75, 3.05) is 29.6 Å². The van der Waals surface area contributed by atoms with Crippen LogP contribution in [-0.2, 0) is 0 Å². The zero-order chi connectivity index (χ0) is 19.1. The van der Waals surface area contributed by atoms with E-state index in [9.17, 15) is 0 Å². The molecule has 0 unspecified atom stereocenters. The molecule has 0 radical (unpaired) electrons. The zero-order valence-corrected chi connectivity index (χ0v) is 17.6. The van der Waals surface area contributed by atoms with Crippen molar-refractivity contribution < 1.29 is 0 Å². The van der Waals surface area contributed by atoms with Gasteiger partial charge in [0, 0.05) is 25.7 Å². The standard InChI is InChI=1S/C22H36N6/c1-28(2)21-25-19(23-18-7-5-3-4-6-8-18)24-20(26-21)27-22-12-15-9-16(13-22)11-17(10-15)14-22/h15-18H,3-14H2,1-2H3,(H2,23,24,25,26,27). The van der Waals surface area contributed by atoms with E-state index in [0.717, 1.165) is 35.6 Å². The Morgan fingerprint density at radius 2 is 1.36 bits per heavy atom. The lowest BCUT2D eigenvalue weighted by Crippen LogP contribution is -2.55. The van der Waals surface area contributed by atoms with E-state index in [1.54, 1.807) is 0 Å². The second kappa shape index (κ2) is 7.34. The average molecular weight is 385 g/mol. The summed E-state index contributed by atoms with van der Waals surface area (Å²) in [5.74, 6) is 5.01. The molecule has 5 aliphatic rings. The molecule has 154 valence electrons. The van der Waals surface area contributed by atoms with E-state index >= 15 is 0 Å². The highest BCUT2D eigenvalue weighted by atomic mass is 15.3. The first kappa shape index (κ1) is 18.4. The molecular weight excluding hydrogens is 348 g/mol. The first-order valence-corrected chi connectivity index (χ1v) is 11.5. The van der Waals surface area contributed by atoms with Gasteiger partial charge in [-0.05, 0) is 69.1 Å². The molecule has 2 N–H and O–H groups in total. The van der Waals surface area contributed by atoms with Crippen molar-refractivity contribution in [1.29, 1.82) is 0 Å². The molecule has 5 aliphatic carbocycles. The number of nitrogens with one attached hydrogen (secondary N) is 2. The van der Waals surface area contributed by atoms with Crippen molar-refractivity contribution in [3.63, 3.8) is 0 Å². The summed E-state index contributed by atoms with van der Waals surface area (Å²) >= 11 is 0. The first-order chi connectivity index (χ1) is 13.6. The summed E-state index contributed by atoms with van der Waals surface area (Å²) in [4.78, 5) is 16.3. The van der Waals surface area contributed by atoms with Crippen LogP contribution in [0.2, 0.25) is 0 Å². The molecule has 0 aliphatic heterocycles. The molecule has 1 heterocycles. The molecular formula is C22H36N6. The molecule has 5 saturated carbocycles. The molecule has 4 bridgehead atoms. The number of hydrogen-bond acceptors (Lipinski definition) is 6. The predicted octanol–water partition coefficient (Wildman–Crippen LogP) is 4.45. The topological polar surface area (TPSA) is 66.0 Å². The number of rotatable bonds is 5. The van der Waals surface area contributed by atoms with Crippen molar-refractivity contribution in [1.82, 2.24) is 15.0 Å². The van der Waals surface area contributed by atoms with Crippen molar-refractivity contribution >= 4 is 17.8 Å². The Kier molecular flexibility index (Phi) is 4.84. The number of aromatic nitrogens is 3. The second-order valence-electron chi connectivity index (χ2n) is 10.3. The lowest BCUT2D eigenvalue weighted by molar-refractivity contribution is 0.0103. The van der Waals surface area contributed by atoms with Crippen LogP contribution in [-0.4, -0.2) is 40.6 Å². The third kappa shape index (κ3) is 3.79. The Bertz CT molecular complexity index is 659. The van der Waals surface area contributed by atoms with Crippen LogP contribution >= 0.6 is 0 Å². The van der Waals surface area contributed by atoms with E-state index < -0.39 is 0 Å². The van der Waals surface area contributed by atoms with Crippen LogP contribution in [0.25, 0.3) is 0 Å². The molecule has 6 heteroatoms. The Labute approximate surface area is 169 Å². The van der Waals surface area contributed by atoms with E-state index in [4.69, 9.17) is 15.0 Å². The van der Waals surface area contributed by atoms with Crippen LogP contribution in [0.5, 0.6) is 0 Å². The van der Waals surface area contributed by atoms with Gasteiger partial charge in [0.25, 0.3) is 0 Å². The van der Waals surface area contributed by atoms with Gasteiger partial charge in [-0.25, -0.2) is 0 Å². The summed E-state index contributed by atoms with van der Waals surface area (Å²) in [6.45, 7) is 0. The summed E-state index contributed by atoms with van der Waals surface area (Å²) < 4.78 is 0. The van der Waals surface area contributed by atoms with Gasteiger partial charge in [-0.3, -0.25) is 0 Å². The van der Waals surface area contributed by atoms with E-state index in [2.05, 4.69) is 10.6 Å². The van der Waals surface area contributed by atoms with Gasteiger partial charge in [-0.2, -0.15) is 15.0 Å². The van der Waals surface area contributed by atoms with Crippen molar-refractivity contribution in [2.24, 2.45) is 17.8 Å². The third-order valence-corrected chi connectivity index (χ3v) is 7.63. The zero-order valence-electron chi connectivity index (χ0n) is 17.6. The summed E-state index contributed by atoms with van der Waals surface area (Å²) in [7, 11) is 4.03. The van der Waals surface area contributed by atoms with Crippen LogP contribution in [0, 0.1) is 17.8 Å². The molecule has 0 atom stereocenters. The van der Waals surface area contributed by atoms with E-state index in [0.29, 0.717) is 6.04 Å². The van der Waals surface area contributed by atoms with Crippen LogP contribution in [0.4, 0.5) is 17.8 Å². The fourth-order valence-corrected chi connectivity index (χ4v) is 6.79. The van der Waals surface area contributed by atoms with Crippen LogP contribution < -0.4 is 15.5 Å². The van der Waals surface area contributed by atoms with Crippen molar-refractivity contribution in [2.45, 2.75) is 88.6 Å². The van der Waals surface area contributed by atoms with Gasteiger partial charge < -0.3 is 15.5 Å². The molecule has 28 heavy (non-hydrogen) atoms. The third-order valence-electron chi connectivity index (χ3n) is 7.63. The SMILES string of the molecule is CN(C)c1nc(NC2CCCCCC2)nc(NC23CC4CC(CC(C4)C2)C3)n1. The second-order valence-corrected chi connectivity index (χ2v) is 10.3. The summed E-state index contributed by atoms with van der Waals surface area (Å²) in [5, 5.41) is 7.48. The van der Waals surface area contributed by atoms with E-state index in [1.807, 2.05) is 19.0 Å². The Morgan fingerprint density at radius 1 is 0.786 bits per heavy atom. The number of nitrogens with zero attached hydrogens (tertiary/aromatic N) is 4. The van der Waals surface area contributed by atoms with Gasteiger partial charge in [0.15, 0.2) is 0 Å². The van der Waals surface area contributed by atoms with Gasteiger partial charge in [0.2, 0.25) is 17.8 Å².